The number of pyridine rings is 1. The van der Waals surface area contributed by atoms with Crippen molar-refractivity contribution in [1.29, 1.82) is 0 Å². The van der Waals surface area contributed by atoms with Crippen molar-refractivity contribution in [2.24, 2.45) is 0 Å². The number of aryl methyl sites for hydroxylation is 2. The van der Waals surface area contributed by atoms with Crippen LogP contribution in [0.2, 0.25) is 0 Å². The monoisotopic (exact) mass is 400 g/mol. The highest BCUT2D eigenvalue weighted by Crippen LogP contribution is 2.38. The van der Waals surface area contributed by atoms with E-state index in [2.05, 4.69) is 17.1 Å². The van der Waals surface area contributed by atoms with Crippen LogP contribution in [0.3, 0.4) is 0 Å². The summed E-state index contributed by atoms with van der Waals surface area (Å²) < 4.78 is 8.14. The van der Waals surface area contributed by atoms with Gasteiger partial charge in [0.25, 0.3) is 5.56 Å². The molecule has 1 aliphatic rings. The second-order valence-electron chi connectivity index (χ2n) is 7.20. The van der Waals surface area contributed by atoms with Crippen molar-refractivity contribution in [3.05, 3.63) is 93.2 Å². The molecule has 4 nitrogen and oxygen atoms in total. The molecule has 3 heterocycles. The standard InChI is InChI=1S/C24H20N2O2S/c1-16-15-29-23(25-16)20-13-21(28-14-17-7-3-2-4-8-17)22-19-10-6-5-9-18(19)11-12-26(22)24(20)27/h2-10,13,15H,11-12,14H2,1H3. The van der Waals surface area contributed by atoms with Gasteiger partial charge >= 0.3 is 0 Å². The zero-order valence-corrected chi connectivity index (χ0v) is 16.9. The van der Waals surface area contributed by atoms with Gasteiger partial charge in [-0.05, 0) is 30.5 Å². The molecule has 0 atom stereocenters. The first-order valence-corrected chi connectivity index (χ1v) is 10.5. The summed E-state index contributed by atoms with van der Waals surface area (Å²) in [5.41, 5.74) is 5.79. The molecule has 0 saturated carbocycles. The Bertz CT molecular complexity index is 1240. The molecule has 0 bridgehead atoms. The molecule has 29 heavy (non-hydrogen) atoms. The van der Waals surface area contributed by atoms with Gasteiger partial charge in [-0.1, -0.05) is 54.6 Å². The molecule has 2 aromatic carbocycles. The molecule has 2 aromatic heterocycles. The molecular formula is C24H20N2O2S. The smallest absolute Gasteiger partial charge is 0.261 e. The Morgan fingerprint density at radius 2 is 1.86 bits per heavy atom. The highest BCUT2D eigenvalue weighted by atomic mass is 32.1. The molecule has 0 unspecified atom stereocenters. The first-order valence-electron chi connectivity index (χ1n) is 9.66. The second kappa shape index (κ2) is 7.33. The zero-order valence-electron chi connectivity index (χ0n) is 16.1. The van der Waals surface area contributed by atoms with E-state index in [-0.39, 0.29) is 5.56 Å². The third-order valence-electron chi connectivity index (χ3n) is 5.22. The fourth-order valence-corrected chi connectivity index (χ4v) is 4.62. The maximum absolute atomic E-state index is 13.3. The molecule has 144 valence electrons. The quantitative estimate of drug-likeness (QED) is 0.480. The summed E-state index contributed by atoms with van der Waals surface area (Å²) in [5.74, 6) is 0.725. The summed E-state index contributed by atoms with van der Waals surface area (Å²) >= 11 is 1.50. The zero-order chi connectivity index (χ0) is 19.8. The van der Waals surface area contributed by atoms with E-state index in [1.165, 1.54) is 16.9 Å². The summed E-state index contributed by atoms with van der Waals surface area (Å²) in [6.07, 6.45) is 0.835. The van der Waals surface area contributed by atoms with Gasteiger partial charge in [0.2, 0.25) is 0 Å². The van der Waals surface area contributed by atoms with E-state index in [1.807, 2.05) is 65.4 Å². The van der Waals surface area contributed by atoms with Crippen LogP contribution < -0.4 is 10.3 Å². The first-order chi connectivity index (χ1) is 14.2. The predicted octanol–water partition coefficient (Wildman–Crippen LogP) is 5.08. The van der Waals surface area contributed by atoms with Gasteiger partial charge in [0.15, 0.2) is 0 Å². The number of aromatic nitrogens is 2. The molecule has 1 aliphatic heterocycles. The van der Waals surface area contributed by atoms with E-state index in [1.54, 1.807) is 0 Å². The lowest BCUT2D eigenvalue weighted by atomic mass is 9.96. The van der Waals surface area contributed by atoms with Crippen LogP contribution in [0.1, 0.15) is 16.8 Å². The number of benzene rings is 2. The van der Waals surface area contributed by atoms with Crippen LogP contribution in [0, 0.1) is 6.92 Å². The van der Waals surface area contributed by atoms with Crippen molar-refractivity contribution in [2.75, 3.05) is 0 Å². The minimum Gasteiger partial charge on any atom is -0.487 e. The molecule has 4 aromatic rings. The summed E-state index contributed by atoms with van der Waals surface area (Å²) in [7, 11) is 0. The van der Waals surface area contributed by atoms with E-state index in [4.69, 9.17) is 4.74 Å². The van der Waals surface area contributed by atoms with Crippen molar-refractivity contribution in [3.63, 3.8) is 0 Å². The summed E-state index contributed by atoms with van der Waals surface area (Å²) in [6, 6.07) is 20.2. The molecule has 0 spiro atoms. The van der Waals surface area contributed by atoms with Crippen LogP contribution in [0.25, 0.3) is 21.8 Å². The fraction of sp³-hybridized carbons (Fsp3) is 0.167. The maximum Gasteiger partial charge on any atom is 0.261 e. The number of hydrogen-bond acceptors (Lipinski definition) is 4. The minimum absolute atomic E-state index is 0.00378. The molecular weight excluding hydrogens is 380 g/mol. The molecule has 0 amide bonds. The third kappa shape index (κ3) is 3.28. The van der Waals surface area contributed by atoms with E-state index in [9.17, 15) is 4.79 Å². The van der Waals surface area contributed by atoms with E-state index >= 15 is 0 Å². The van der Waals surface area contributed by atoms with Gasteiger partial charge in [0, 0.05) is 23.2 Å². The molecule has 0 fully saturated rings. The van der Waals surface area contributed by atoms with Crippen LogP contribution in [0.4, 0.5) is 0 Å². The number of thiazole rings is 1. The van der Waals surface area contributed by atoms with Crippen molar-refractivity contribution < 1.29 is 4.74 Å². The van der Waals surface area contributed by atoms with Crippen LogP contribution in [-0.4, -0.2) is 9.55 Å². The molecule has 0 radical (unpaired) electrons. The maximum atomic E-state index is 13.3. The van der Waals surface area contributed by atoms with Gasteiger partial charge < -0.3 is 9.30 Å². The highest BCUT2D eigenvalue weighted by molar-refractivity contribution is 7.13. The SMILES string of the molecule is Cc1csc(-c2cc(OCc3ccccc3)c3n(c2=O)CCc2ccccc2-3)n1. The van der Waals surface area contributed by atoms with Gasteiger partial charge in [-0.2, -0.15) is 0 Å². The molecule has 5 heteroatoms. The summed E-state index contributed by atoms with van der Waals surface area (Å²) in [6.45, 7) is 3.04. The van der Waals surface area contributed by atoms with Gasteiger partial charge in [0.05, 0.1) is 11.3 Å². The topological polar surface area (TPSA) is 44.1 Å². The number of ether oxygens (including phenoxy) is 1. The van der Waals surface area contributed by atoms with Gasteiger partial charge in [0.1, 0.15) is 17.4 Å². The normalized spacial score (nSPS) is 12.3. The molecule has 0 saturated heterocycles. The average molecular weight is 401 g/mol. The van der Waals surface area contributed by atoms with Crippen molar-refractivity contribution in [2.45, 2.75) is 26.5 Å². The van der Waals surface area contributed by atoms with E-state index in [0.29, 0.717) is 18.7 Å². The Labute approximate surface area is 173 Å². The first kappa shape index (κ1) is 17.9. The Morgan fingerprint density at radius 3 is 2.66 bits per heavy atom. The van der Waals surface area contributed by atoms with E-state index < -0.39 is 0 Å². The largest absolute Gasteiger partial charge is 0.487 e. The predicted molar refractivity (Wildman–Crippen MR) is 116 cm³/mol. The fourth-order valence-electron chi connectivity index (χ4n) is 3.81. The van der Waals surface area contributed by atoms with Gasteiger partial charge in [-0.25, -0.2) is 4.98 Å². The third-order valence-corrected chi connectivity index (χ3v) is 6.21. The van der Waals surface area contributed by atoms with Gasteiger partial charge in [-0.3, -0.25) is 4.79 Å². The van der Waals surface area contributed by atoms with Crippen molar-refractivity contribution >= 4 is 11.3 Å². The van der Waals surface area contributed by atoms with Crippen molar-refractivity contribution in [3.8, 4) is 27.6 Å². The average Bonchev–Trinajstić information content (AvgIpc) is 3.19. The number of fused-ring (bicyclic) bond motifs is 3. The van der Waals surface area contributed by atoms with Crippen molar-refractivity contribution in [1.82, 2.24) is 9.55 Å². The second-order valence-corrected chi connectivity index (χ2v) is 8.06. The number of rotatable bonds is 4. The summed E-state index contributed by atoms with van der Waals surface area (Å²) in [4.78, 5) is 17.9. The Hall–Kier alpha value is -3.18. The highest BCUT2D eigenvalue weighted by Gasteiger charge is 2.24. The lowest BCUT2D eigenvalue weighted by molar-refractivity contribution is 0.304. The van der Waals surface area contributed by atoms with Crippen LogP contribution in [0.5, 0.6) is 5.75 Å². The Balaban J connectivity index is 1.68. The number of nitrogens with zero attached hydrogens (tertiary/aromatic N) is 2. The number of hydrogen-bond donors (Lipinski definition) is 0. The van der Waals surface area contributed by atoms with E-state index in [0.717, 1.165) is 39.7 Å². The van der Waals surface area contributed by atoms with Crippen LogP contribution in [-0.2, 0) is 19.6 Å². The lowest BCUT2D eigenvalue weighted by Crippen LogP contribution is -2.28. The van der Waals surface area contributed by atoms with Crippen LogP contribution >= 0.6 is 11.3 Å². The van der Waals surface area contributed by atoms with Gasteiger partial charge in [-0.15, -0.1) is 11.3 Å². The summed E-state index contributed by atoms with van der Waals surface area (Å²) in [5, 5.41) is 2.71. The Morgan fingerprint density at radius 1 is 1.07 bits per heavy atom. The molecule has 0 aliphatic carbocycles. The molecule has 0 N–H and O–H groups in total. The Kier molecular flexibility index (Phi) is 4.52. The molecule has 5 rings (SSSR count). The minimum atomic E-state index is -0.00378. The lowest BCUT2D eigenvalue weighted by Gasteiger charge is -2.25. The van der Waals surface area contributed by atoms with Crippen LogP contribution in [0.15, 0.2) is 70.8 Å².